The van der Waals surface area contributed by atoms with Gasteiger partial charge in [-0.25, -0.2) is 0 Å². The number of hydrogen-bond donors (Lipinski definition) is 0. The minimum Gasteiger partial charge on any atom is -0.372 e. The molecule has 16 heavy (non-hydrogen) atoms. The van der Waals surface area contributed by atoms with Crippen LogP contribution in [0.25, 0.3) is 0 Å². The maximum absolute atomic E-state index is 9.01. The molecule has 0 spiro atoms. The molecule has 1 aliphatic rings. The lowest BCUT2D eigenvalue weighted by Crippen LogP contribution is -2.05. The van der Waals surface area contributed by atoms with E-state index >= 15 is 0 Å². The van der Waals surface area contributed by atoms with Gasteiger partial charge in [0.2, 0.25) is 0 Å². The summed E-state index contributed by atoms with van der Waals surface area (Å²) >= 11 is 0. The Labute approximate surface area is 96.9 Å². The molecule has 0 saturated carbocycles. The Morgan fingerprint density at radius 1 is 1.31 bits per heavy atom. The van der Waals surface area contributed by atoms with Gasteiger partial charge in [-0.15, -0.1) is 0 Å². The molecule has 0 bridgehead atoms. The van der Waals surface area contributed by atoms with Crippen molar-refractivity contribution >= 4 is 0 Å². The summed E-state index contributed by atoms with van der Waals surface area (Å²) in [7, 11) is 0. The van der Waals surface area contributed by atoms with Crippen LogP contribution in [0, 0.1) is 17.2 Å². The van der Waals surface area contributed by atoms with Gasteiger partial charge in [-0.2, -0.15) is 5.26 Å². The lowest BCUT2D eigenvalue weighted by Gasteiger charge is -2.14. The Morgan fingerprint density at radius 2 is 2.00 bits per heavy atom. The molecule has 84 valence electrons. The van der Waals surface area contributed by atoms with Gasteiger partial charge >= 0.3 is 0 Å². The highest BCUT2D eigenvalue weighted by atomic mass is 16.5. The smallest absolute Gasteiger partial charge is 0.0983 e. The second kappa shape index (κ2) is 4.67. The molecule has 0 aliphatic carbocycles. The van der Waals surface area contributed by atoms with Gasteiger partial charge in [-0.05, 0) is 23.5 Å². The molecule has 0 N–H and O–H groups in total. The van der Waals surface area contributed by atoms with Crippen LogP contribution >= 0.6 is 0 Å². The molecule has 2 nitrogen and oxygen atoms in total. The van der Waals surface area contributed by atoms with Crippen LogP contribution in [0.3, 0.4) is 0 Å². The Balaban J connectivity index is 2.19. The number of rotatable bonds is 2. The van der Waals surface area contributed by atoms with Crippen LogP contribution in [-0.4, -0.2) is 6.61 Å². The van der Waals surface area contributed by atoms with E-state index in [1.54, 1.807) is 0 Å². The number of benzene rings is 1. The fourth-order valence-corrected chi connectivity index (χ4v) is 2.12. The number of nitriles is 1. The molecule has 1 aromatic carbocycles. The predicted octanol–water partition coefficient (Wildman–Crippen LogP) is 3.41. The summed E-state index contributed by atoms with van der Waals surface area (Å²) < 4.78 is 5.62. The standard InChI is InChI=1S/C14H17NO/c1-10(2)11-3-5-12(6-4-11)14-13(9-15)7-8-16-14/h3-6,10,13-14H,7-8H2,1-2H3. The fourth-order valence-electron chi connectivity index (χ4n) is 2.12. The van der Waals surface area contributed by atoms with Crippen LogP contribution < -0.4 is 0 Å². The van der Waals surface area contributed by atoms with Crippen molar-refractivity contribution < 1.29 is 4.74 Å². The third-order valence-corrected chi connectivity index (χ3v) is 3.19. The zero-order valence-electron chi connectivity index (χ0n) is 9.81. The van der Waals surface area contributed by atoms with E-state index in [1.165, 1.54) is 5.56 Å². The third kappa shape index (κ3) is 2.10. The number of nitrogens with zero attached hydrogens (tertiary/aromatic N) is 1. The fraction of sp³-hybridized carbons (Fsp3) is 0.500. The minimum absolute atomic E-state index is 0.0184. The molecule has 0 radical (unpaired) electrons. The average molecular weight is 215 g/mol. The van der Waals surface area contributed by atoms with Crippen LogP contribution in [0.4, 0.5) is 0 Å². The molecule has 1 fully saturated rings. The zero-order valence-corrected chi connectivity index (χ0v) is 9.81. The first kappa shape index (κ1) is 11.2. The minimum atomic E-state index is -0.0220. The third-order valence-electron chi connectivity index (χ3n) is 3.19. The molecule has 0 amide bonds. The molecule has 1 heterocycles. The molecule has 2 atom stereocenters. The van der Waals surface area contributed by atoms with Gasteiger partial charge in [0.15, 0.2) is 0 Å². The quantitative estimate of drug-likeness (QED) is 0.757. The van der Waals surface area contributed by atoms with Crippen molar-refractivity contribution in [2.75, 3.05) is 6.61 Å². The lowest BCUT2D eigenvalue weighted by atomic mass is 9.94. The maximum atomic E-state index is 9.01. The first-order valence-corrected chi connectivity index (χ1v) is 5.83. The van der Waals surface area contributed by atoms with Gasteiger partial charge in [0, 0.05) is 6.61 Å². The van der Waals surface area contributed by atoms with Gasteiger partial charge in [0.25, 0.3) is 0 Å². The van der Waals surface area contributed by atoms with Gasteiger partial charge in [-0.3, -0.25) is 0 Å². The predicted molar refractivity (Wildman–Crippen MR) is 62.9 cm³/mol. The largest absolute Gasteiger partial charge is 0.372 e. The molecular weight excluding hydrogens is 198 g/mol. The topological polar surface area (TPSA) is 33.0 Å². The van der Waals surface area contributed by atoms with Crippen LogP contribution in [0.2, 0.25) is 0 Å². The molecule has 0 aromatic heterocycles. The highest BCUT2D eigenvalue weighted by Crippen LogP contribution is 2.34. The van der Waals surface area contributed by atoms with Crippen LogP contribution in [0.5, 0.6) is 0 Å². The summed E-state index contributed by atoms with van der Waals surface area (Å²) in [6.45, 7) is 5.06. The monoisotopic (exact) mass is 215 g/mol. The average Bonchev–Trinajstić information content (AvgIpc) is 2.77. The Bertz CT molecular complexity index is 388. The van der Waals surface area contributed by atoms with E-state index in [-0.39, 0.29) is 12.0 Å². The van der Waals surface area contributed by atoms with E-state index in [1.807, 2.05) is 0 Å². The molecular formula is C14H17NO. The summed E-state index contributed by atoms with van der Waals surface area (Å²) in [4.78, 5) is 0. The second-order valence-electron chi connectivity index (χ2n) is 4.64. The summed E-state index contributed by atoms with van der Waals surface area (Å²) in [5.74, 6) is 0.565. The zero-order chi connectivity index (χ0) is 11.5. The van der Waals surface area contributed by atoms with Crippen molar-refractivity contribution in [3.8, 4) is 6.07 Å². The SMILES string of the molecule is CC(C)c1ccc(C2OCCC2C#N)cc1. The molecule has 1 aromatic rings. The summed E-state index contributed by atoms with van der Waals surface area (Å²) in [5.41, 5.74) is 2.46. The van der Waals surface area contributed by atoms with Gasteiger partial charge in [-0.1, -0.05) is 38.1 Å². The summed E-state index contributed by atoms with van der Waals surface area (Å²) in [5, 5.41) is 9.01. The molecule has 1 aliphatic heterocycles. The van der Waals surface area contributed by atoms with E-state index in [9.17, 15) is 0 Å². The van der Waals surface area contributed by atoms with E-state index < -0.39 is 0 Å². The van der Waals surface area contributed by atoms with E-state index in [0.717, 1.165) is 12.0 Å². The Kier molecular flexibility index (Phi) is 3.26. The van der Waals surface area contributed by atoms with E-state index in [4.69, 9.17) is 10.00 Å². The van der Waals surface area contributed by atoms with Crippen molar-refractivity contribution in [3.63, 3.8) is 0 Å². The molecule has 1 saturated heterocycles. The molecule has 2 unspecified atom stereocenters. The van der Waals surface area contributed by atoms with Crippen molar-refractivity contribution in [1.82, 2.24) is 0 Å². The lowest BCUT2D eigenvalue weighted by molar-refractivity contribution is 0.101. The van der Waals surface area contributed by atoms with Gasteiger partial charge < -0.3 is 4.74 Å². The van der Waals surface area contributed by atoms with Crippen molar-refractivity contribution in [2.24, 2.45) is 5.92 Å². The van der Waals surface area contributed by atoms with Crippen molar-refractivity contribution in [1.29, 1.82) is 5.26 Å². The molecule has 2 heteroatoms. The van der Waals surface area contributed by atoms with Crippen LogP contribution in [0.1, 0.15) is 43.4 Å². The molecule has 2 rings (SSSR count). The van der Waals surface area contributed by atoms with Crippen molar-refractivity contribution in [3.05, 3.63) is 35.4 Å². The van der Waals surface area contributed by atoms with E-state index in [0.29, 0.717) is 12.5 Å². The summed E-state index contributed by atoms with van der Waals surface area (Å²) in [6, 6.07) is 10.8. The van der Waals surface area contributed by atoms with Crippen molar-refractivity contribution in [2.45, 2.75) is 32.3 Å². The van der Waals surface area contributed by atoms with Crippen LogP contribution in [-0.2, 0) is 4.74 Å². The van der Waals surface area contributed by atoms with Gasteiger partial charge in [0.1, 0.15) is 0 Å². The first-order chi connectivity index (χ1) is 7.72. The maximum Gasteiger partial charge on any atom is 0.0983 e. The number of ether oxygens (including phenoxy) is 1. The number of hydrogen-bond acceptors (Lipinski definition) is 2. The van der Waals surface area contributed by atoms with Gasteiger partial charge in [0.05, 0.1) is 18.1 Å². The summed E-state index contributed by atoms with van der Waals surface area (Å²) in [6.07, 6.45) is 0.832. The highest BCUT2D eigenvalue weighted by Gasteiger charge is 2.29. The Morgan fingerprint density at radius 3 is 2.56 bits per heavy atom. The highest BCUT2D eigenvalue weighted by molar-refractivity contribution is 5.27. The normalized spacial score (nSPS) is 24.6. The first-order valence-electron chi connectivity index (χ1n) is 5.83. The van der Waals surface area contributed by atoms with Crippen LogP contribution in [0.15, 0.2) is 24.3 Å². The van der Waals surface area contributed by atoms with E-state index in [2.05, 4.69) is 44.2 Å². The second-order valence-corrected chi connectivity index (χ2v) is 4.64. The Hall–Kier alpha value is -1.33.